The van der Waals surface area contributed by atoms with Crippen LogP contribution in [0.5, 0.6) is 0 Å². The number of halogens is 1. The second-order valence-electron chi connectivity index (χ2n) is 6.51. The molecular formula is C16H26BrN3. The number of hydrogen-bond acceptors (Lipinski definition) is 2. The maximum atomic E-state index is 5.03. The Hall–Kier alpha value is -0.510. The molecule has 0 amide bonds. The molecule has 2 aliphatic rings. The van der Waals surface area contributed by atoms with Crippen molar-refractivity contribution in [2.45, 2.75) is 70.8 Å². The molecule has 0 bridgehead atoms. The first-order chi connectivity index (χ1) is 9.72. The minimum atomic E-state index is 0.544. The third kappa shape index (κ3) is 2.51. The van der Waals surface area contributed by atoms with Crippen molar-refractivity contribution < 1.29 is 0 Å². The number of nitrogens with zero attached hydrogens (tertiary/aromatic N) is 2. The SMILES string of the molecule is CCC1C(C)CNc2c(Br)c(C3CCCCCC3)nn21. The summed E-state index contributed by atoms with van der Waals surface area (Å²) in [7, 11) is 0. The van der Waals surface area contributed by atoms with Crippen molar-refractivity contribution in [2.75, 3.05) is 11.9 Å². The van der Waals surface area contributed by atoms with Gasteiger partial charge in [0.2, 0.25) is 0 Å². The molecule has 2 unspecified atom stereocenters. The summed E-state index contributed by atoms with van der Waals surface area (Å²) in [5.74, 6) is 2.52. The molecule has 1 aromatic rings. The third-order valence-electron chi connectivity index (χ3n) is 5.10. The van der Waals surface area contributed by atoms with E-state index in [-0.39, 0.29) is 0 Å². The molecule has 1 fully saturated rings. The van der Waals surface area contributed by atoms with Crippen LogP contribution < -0.4 is 5.32 Å². The molecule has 0 radical (unpaired) electrons. The third-order valence-corrected chi connectivity index (χ3v) is 5.88. The summed E-state index contributed by atoms with van der Waals surface area (Å²) in [6.07, 6.45) is 9.29. The summed E-state index contributed by atoms with van der Waals surface area (Å²) in [5, 5.41) is 8.60. The van der Waals surface area contributed by atoms with E-state index in [2.05, 4.69) is 39.8 Å². The van der Waals surface area contributed by atoms with Gasteiger partial charge in [0, 0.05) is 12.5 Å². The first-order valence-corrected chi connectivity index (χ1v) is 9.03. The van der Waals surface area contributed by atoms with Gasteiger partial charge in [-0.15, -0.1) is 0 Å². The first-order valence-electron chi connectivity index (χ1n) is 8.24. The van der Waals surface area contributed by atoms with Crippen molar-refractivity contribution >= 4 is 21.7 Å². The first kappa shape index (κ1) is 14.4. The fraction of sp³-hybridized carbons (Fsp3) is 0.812. The lowest BCUT2D eigenvalue weighted by Gasteiger charge is -2.30. The number of aromatic nitrogens is 2. The second-order valence-corrected chi connectivity index (χ2v) is 7.31. The van der Waals surface area contributed by atoms with Crippen LogP contribution in [0, 0.1) is 5.92 Å². The van der Waals surface area contributed by atoms with Crippen LogP contribution in [0.3, 0.4) is 0 Å². The number of anilines is 1. The molecular weight excluding hydrogens is 314 g/mol. The summed E-state index contributed by atoms with van der Waals surface area (Å²) >= 11 is 3.83. The quantitative estimate of drug-likeness (QED) is 0.760. The lowest BCUT2D eigenvalue weighted by molar-refractivity contribution is 0.310. The molecule has 1 aliphatic carbocycles. The zero-order chi connectivity index (χ0) is 14.1. The van der Waals surface area contributed by atoms with Crippen LogP contribution in [0.1, 0.15) is 76.4 Å². The molecule has 20 heavy (non-hydrogen) atoms. The highest BCUT2D eigenvalue weighted by Crippen LogP contribution is 2.42. The van der Waals surface area contributed by atoms with Gasteiger partial charge in [-0.05, 0) is 41.1 Å². The fourth-order valence-electron chi connectivity index (χ4n) is 3.85. The van der Waals surface area contributed by atoms with E-state index in [1.165, 1.54) is 54.5 Å². The monoisotopic (exact) mass is 339 g/mol. The van der Waals surface area contributed by atoms with E-state index in [0.717, 1.165) is 13.0 Å². The lowest BCUT2D eigenvalue weighted by atomic mass is 9.96. The highest BCUT2D eigenvalue weighted by Gasteiger charge is 2.31. The van der Waals surface area contributed by atoms with Gasteiger partial charge in [-0.1, -0.05) is 39.5 Å². The number of fused-ring (bicyclic) bond motifs is 1. The summed E-state index contributed by atoms with van der Waals surface area (Å²) < 4.78 is 3.49. The van der Waals surface area contributed by atoms with Gasteiger partial charge >= 0.3 is 0 Å². The van der Waals surface area contributed by atoms with Gasteiger partial charge in [0.1, 0.15) is 5.82 Å². The summed E-state index contributed by atoms with van der Waals surface area (Å²) in [4.78, 5) is 0. The van der Waals surface area contributed by atoms with E-state index in [4.69, 9.17) is 5.10 Å². The Morgan fingerprint density at radius 3 is 2.60 bits per heavy atom. The van der Waals surface area contributed by atoms with Gasteiger partial charge in [-0.3, -0.25) is 0 Å². The van der Waals surface area contributed by atoms with Crippen molar-refractivity contribution in [3.05, 3.63) is 10.2 Å². The van der Waals surface area contributed by atoms with E-state index in [1.54, 1.807) is 0 Å². The van der Waals surface area contributed by atoms with Gasteiger partial charge in [-0.25, -0.2) is 4.68 Å². The highest BCUT2D eigenvalue weighted by atomic mass is 79.9. The van der Waals surface area contributed by atoms with Crippen LogP contribution in [0.25, 0.3) is 0 Å². The molecule has 1 aromatic heterocycles. The topological polar surface area (TPSA) is 29.9 Å². The average Bonchev–Trinajstić information content (AvgIpc) is 2.66. The van der Waals surface area contributed by atoms with E-state index in [0.29, 0.717) is 17.9 Å². The summed E-state index contributed by atoms with van der Waals surface area (Å²) in [5.41, 5.74) is 1.31. The van der Waals surface area contributed by atoms with Crippen LogP contribution in [-0.4, -0.2) is 16.3 Å². The van der Waals surface area contributed by atoms with Gasteiger partial charge in [0.05, 0.1) is 16.2 Å². The molecule has 2 atom stereocenters. The standard InChI is InChI=1S/C16H26BrN3/c1-3-13-11(2)10-18-16-14(17)15(19-20(13)16)12-8-6-4-5-7-9-12/h11-13,18H,3-10H2,1-2H3. The van der Waals surface area contributed by atoms with Gasteiger partial charge in [0.15, 0.2) is 0 Å². The molecule has 3 nitrogen and oxygen atoms in total. The van der Waals surface area contributed by atoms with Crippen LogP contribution in [0.2, 0.25) is 0 Å². The molecule has 4 heteroatoms. The molecule has 3 rings (SSSR count). The Labute approximate surface area is 130 Å². The maximum Gasteiger partial charge on any atom is 0.139 e. The molecule has 1 N–H and O–H groups in total. The second kappa shape index (κ2) is 6.08. The van der Waals surface area contributed by atoms with Crippen molar-refractivity contribution in [3.8, 4) is 0 Å². The highest BCUT2D eigenvalue weighted by molar-refractivity contribution is 9.10. The Bertz CT molecular complexity index is 461. The zero-order valence-electron chi connectivity index (χ0n) is 12.7. The Kier molecular flexibility index (Phi) is 4.39. The van der Waals surface area contributed by atoms with Gasteiger partial charge in [0.25, 0.3) is 0 Å². The zero-order valence-corrected chi connectivity index (χ0v) is 14.2. The number of rotatable bonds is 2. The maximum absolute atomic E-state index is 5.03. The van der Waals surface area contributed by atoms with Crippen LogP contribution in [0.4, 0.5) is 5.82 Å². The fourth-order valence-corrected chi connectivity index (χ4v) is 4.58. The molecule has 112 valence electrons. The van der Waals surface area contributed by atoms with E-state index in [9.17, 15) is 0 Å². The van der Waals surface area contributed by atoms with E-state index >= 15 is 0 Å². The molecule has 0 spiro atoms. The predicted molar refractivity (Wildman–Crippen MR) is 87.4 cm³/mol. The molecule has 0 saturated heterocycles. The van der Waals surface area contributed by atoms with Crippen molar-refractivity contribution in [1.82, 2.24) is 9.78 Å². The predicted octanol–water partition coefficient (Wildman–Crippen LogP) is 5.10. The minimum Gasteiger partial charge on any atom is -0.369 e. The minimum absolute atomic E-state index is 0.544. The lowest BCUT2D eigenvalue weighted by Crippen LogP contribution is -2.31. The van der Waals surface area contributed by atoms with Crippen LogP contribution >= 0.6 is 15.9 Å². The Morgan fingerprint density at radius 2 is 1.95 bits per heavy atom. The molecule has 1 saturated carbocycles. The van der Waals surface area contributed by atoms with Gasteiger partial charge < -0.3 is 5.32 Å². The van der Waals surface area contributed by atoms with Crippen molar-refractivity contribution in [3.63, 3.8) is 0 Å². The Balaban J connectivity index is 1.93. The van der Waals surface area contributed by atoms with E-state index in [1.807, 2.05) is 0 Å². The Morgan fingerprint density at radius 1 is 1.25 bits per heavy atom. The average molecular weight is 340 g/mol. The van der Waals surface area contributed by atoms with Crippen LogP contribution in [0.15, 0.2) is 4.47 Å². The van der Waals surface area contributed by atoms with E-state index < -0.39 is 0 Å². The smallest absolute Gasteiger partial charge is 0.139 e. The molecule has 1 aliphatic heterocycles. The number of hydrogen-bond donors (Lipinski definition) is 1. The van der Waals surface area contributed by atoms with Gasteiger partial charge in [-0.2, -0.15) is 5.10 Å². The van der Waals surface area contributed by atoms with Crippen molar-refractivity contribution in [2.24, 2.45) is 5.92 Å². The number of nitrogens with one attached hydrogen (secondary N) is 1. The largest absolute Gasteiger partial charge is 0.369 e. The molecule has 0 aromatic carbocycles. The van der Waals surface area contributed by atoms with Crippen LogP contribution in [-0.2, 0) is 0 Å². The summed E-state index contributed by atoms with van der Waals surface area (Å²) in [6, 6.07) is 0.544. The summed E-state index contributed by atoms with van der Waals surface area (Å²) in [6.45, 7) is 5.66. The normalized spacial score (nSPS) is 27.8. The molecule has 2 heterocycles. The van der Waals surface area contributed by atoms with Crippen molar-refractivity contribution in [1.29, 1.82) is 0 Å².